The van der Waals surface area contributed by atoms with Gasteiger partial charge < -0.3 is 14.6 Å². The van der Waals surface area contributed by atoms with Crippen LogP contribution in [0.2, 0.25) is 5.02 Å². The second kappa shape index (κ2) is 8.78. The summed E-state index contributed by atoms with van der Waals surface area (Å²) in [6.45, 7) is 3.88. The van der Waals surface area contributed by atoms with Gasteiger partial charge in [-0.3, -0.25) is 14.5 Å². The molecule has 3 aromatic rings. The minimum Gasteiger partial charge on any atom is -0.507 e. The van der Waals surface area contributed by atoms with Crippen LogP contribution in [0.15, 0.2) is 66.2 Å². The summed E-state index contributed by atoms with van der Waals surface area (Å²) in [4.78, 5) is 28.2. The number of rotatable bonds is 4. The Bertz CT molecular complexity index is 1400. The molecule has 6 nitrogen and oxygen atoms in total. The summed E-state index contributed by atoms with van der Waals surface area (Å²) in [7, 11) is 1.50. The van der Waals surface area contributed by atoms with Crippen molar-refractivity contribution < 1.29 is 24.2 Å². The number of hydrogen-bond acceptors (Lipinski definition) is 5. The number of anilines is 1. The van der Waals surface area contributed by atoms with Gasteiger partial charge in [0, 0.05) is 17.7 Å². The van der Waals surface area contributed by atoms with E-state index in [0.717, 1.165) is 22.4 Å². The lowest BCUT2D eigenvalue weighted by molar-refractivity contribution is -0.132. The van der Waals surface area contributed by atoms with Crippen LogP contribution in [-0.2, 0) is 16.0 Å². The number of nitrogens with zero attached hydrogens (tertiary/aromatic N) is 1. The summed E-state index contributed by atoms with van der Waals surface area (Å²) in [6, 6.07) is 16.9. The zero-order valence-corrected chi connectivity index (χ0v) is 20.3. The Morgan fingerprint density at radius 3 is 2.60 bits per heavy atom. The number of ketones is 1. The van der Waals surface area contributed by atoms with Crippen LogP contribution in [0.25, 0.3) is 5.76 Å². The molecule has 7 heteroatoms. The highest BCUT2D eigenvalue weighted by Crippen LogP contribution is 2.45. The topological polar surface area (TPSA) is 76.1 Å². The Hall–Kier alpha value is -3.77. The summed E-state index contributed by atoms with van der Waals surface area (Å²) in [5.74, 6) is -0.500. The fourth-order valence-electron chi connectivity index (χ4n) is 4.82. The van der Waals surface area contributed by atoms with Gasteiger partial charge >= 0.3 is 0 Å². The van der Waals surface area contributed by atoms with Crippen LogP contribution in [-0.4, -0.2) is 30.0 Å². The molecule has 178 valence electrons. The Morgan fingerprint density at radius 1 is 1.11 bits per heavy atom. The van der Waals surface area contributed by atoms with Crippen molar-refractivity contribution in [1.29, 1.82) is 0 Å². The molecule has 2 aliphatic rings. The van der Waals surface area contributed by atoms with Crippen LogP contribution >= 0.6 is 11.6 Å². The van der Waals surface area contributed by atoms with Gasteiger partial charge in [0.1, 0.15) is 23.4 Å². The van der Waals surface area contributed by atoms with E-state index in [4.69, 9.17) is 21.1 Å². The first kappa shape index (κ1) is 23.0. The number of methoxy groups -OCH3 is 1. The second-order valence-electron chi connectivity index (χ2n) is 8.80. The van der Waals surface area contributed by atoms with Crippen LogP contribution in [0.1, 0.15) is 35.2 Å². The van der Waals surface area contributed by atoms with Gasteiger partial charge in [0.25, 0.3) is 11.7 Å². The van der Waals surface area contributed by atoms with Gasteiger partial charge in [-0.1, -0.05) is 35.9 Å². The molecule has 0 radical (unpaired) electrons. The predicted molar refractivity (Wildman–Crippen MR) is 134 cm³/mol. The molecule has 2 atom stereocenters. The Morgan fingerprint density at radius 2 is 1.89 bits per heavy atom. The van der Waals surface area contributed by atoms with Crippen LogP contribution in [0.4, 0.5) is 5.69 Å². The summed E-state index contributed by atoms with van der Waals surface area (Å²) in [5, 5.41) is 11.7. The van der Waals surface area contributed by atoms with E-state index >= 15 is 0 Å². The lowest BCUT2D eigenvalue weighted by Crippen LogP contribution is -2.29. The zero-order valence-electron chi connectivity index (χ0n) is 19.5. The van der Waals surface area contributed by atoms with Crippen molar-refractivity contribution in [3.8, 4) is 11.5 Å². The van der Waals surface area contributed by atoms with Gasteiger partial charge in [-0.15, -0.1) is 0 Å². The summed E-state index contributed by atoms with van der Waals surface area (Å²) in [5.41, 5.74) is 3.49. The van der Waals surface area contributed by atoms with E-state index in [1.807, 2.05) is 44.2 Å². The summed E-state index contributed by atoms with van der Waals surface area (Å²) >= 11 is 6.36. The molecule has 1 N–H and O–H groups in total. The molecule has 2 aliphatic heterocycles. The van der Waals surface area contributed by atoms with E-state index < -0.39 is 17.7 Å². The molecule has 0 spiro atoms. The van der Waals surface area contributed by atoms with Crippen LogP contribution in [0, 0.1) is 6.92 Å². The third-order valence-electron chi connectivity index (χ3n) is 6.51. The first-order valence-corrected chi connectivity index (χ1v) is 11.7. The molecule has 0 saturated carbocycles. The molecular weight excluding hydrogens is 466 g/mol. The third kappa shape index (κ3) is 3.84. The summed E-state index contributed by atoms with van der Waals surface area (Å²) < 4.78 is 11.0. The highest BCUT2D eigenvalue weighted by atomic mass is 35.5. The molecular formula is C28H24ClNO5. The van der Waals surface area contributed by atoms with Crippen molar-refractivity contribution in [3.05, 3.63) is 93.5 Å². The van der Waals surface area contributed by atoms with Gasteiger partial charge in [0.2, 0.25) is 0 Å². The molecule has 0 aliphatic carbocycles. The lowest BCUT2D eigenvalue weighted by atomic mass is 9.92. The van der Waals surface area contributed by atoms with Crippen molar-refractivity contribution >= 4 is 34.7 Å². The van der Waals surface area contributed by atoms with Crippen molar-refractivity contribution in [1.82, 2.24) is 0 Å². The minimum absolute atomic E-state index is 0.0307. The number of carbonyl (C=O) groups is 2. The van der Waals surface area contributed by atoms with Gasteiger partial charge in [-0.2, -0.15) is 0 Å². The maximum Gasteiger partial charge on any atom is 0.300 e. The number of benzene rings is 3. The molecule has 1 saturated heterocycles. The zero-order chi connectivity index (χ0) is 24.9. The van der Waals surface area contributed by atoms with Crippen LogP contribution in [0.3, 0.4) is 0 Å². The highest BCUT2D eigenvalue weighted by Gasteiger charge is 2.47. The van der Waals surface area contributed by atoms with E-state index in [0.29, 0.717) is 28.4 Å². The number of aliphatic hydroxyl groups excluding tert-OH is 1. The number of halogens is 1. The normalized spacial score (nSPS) is 20.6. The molecule has 35 heavy (non-hydrogen) atoms. The van der Waals surface area contributed by atoms with Gasteiger partial charge in [-0.25, -0.2) is 0 Å². The summed E-state index contributed by atoms with van der Waals surface area (Å²) in [6.07, 6.45) is 0.746. The number of carbonyl (C=O) groups excluding carboxylic acids is 2. The average molecular weight is 490 g/mol. The van der Waals surface area contributed by atoms with E-state index in [1.165, 1.54) is 12.0 Å². The average Bonchev–Trinajstić information content (AvgIpc) is 3.34. The smallest absolute Gasteiger partial charge is 0.300 e. The van der Waals surface area contributed by atoms with E-state index in [9.17, 15) is 14.7 Å². The van der Waals surface area contributed by atoms with Crippen molar-refractivity contribution in [3.63, 3.8) is 0 Å². The molecule has 0 bridgehead atoms. The van der Waals surface area contributed by atoms with E-state index in [2.05, 4.69) is 0 Å². The number of amides is 1. The maximum atomic E-state index is 13.4. The minimum atomic E-state index is -0.830. The van der Waals surface area contributed by atoms with Crippen molar-refractivity contribution in [2.45, 2.75) is 32.4 Å². The molecule has 0 aromatic heterocycles. The fourth-order valence-corrected chi connectivity index (χ4v) is 5.07. The number of ether oxygens (including phenoxy) is 2. The Labute approximate surface area is 208 Å². The Kier molecular flexibility index (Phi) is 5.77. The fraction of sp³-hybridized carbons (Fsp3) is 0.214. The first-order chi connectivity index (χ1) is 16.8. The number of Topliss-reactive ketones (excluding diaryl/α,β-unsaturated/α-hetero) is 1. The number of hydrogen-bond donors (Lipinski definition) is 1. The lowest BCUT2D eigenvalue weighted by Gasteiger charge is -2.27. The molecule has 1 fully saturated rings. The van der Waals surface area contributed by atoms with E-state index in [-0.39, 0.29) is 17.4 Å². The van der Waals surface area contributed by atoms with Gasteiger partial charge in [-0.05, 0) is 66.9 Å². The van der Waals surface area contributed by atoms with Crippen LogP contribution < -0.4 is 14.4 Å². The van der Waals surface area contributed by atoms with Gasteiger partial charge in [0.05, 0.1) is 23.7 Å². The molecule has 2 unspecified atom stereocenters. The van der Waals surface area contributed by atoms with Gasteiger partial charge in [0.15, 0.2) is 0 Å². The molecule has 3 aromatic carbocycles. The SMILES string of the molecule is COc1ccc(N2C(=O)C(=O)/C(=C(/O)c3ccc4c(c3)CC(C)O4)C2c2ccccc2C)cc1Cl. The quantitative estimate of drug-likeness (QED) is 0.293. The standard InChI is InChI=1S/C28H24ClNO5/c1-15-6-4-5-7-20(15)25-24(26(31)17-8-10-22-18(13-17)12-16(2)35-22)27(32)28(33)30(25)19-9-11-23(34-3)21(29)14-19/h4-11,13-14,16,25,31H,12H2,1-3H3/b26-24+. The molecule has 5 rings (SSSR count). The maximum absolute atomic E-state index is 13.4. The highest BCUT2D eigenvalue weighted by molar-refractivity contribution is 6.52. The number of aliphatic hydroxyl groups is 1. The number of aryl methyl sites for hydroxylation is 1. The second-order valence-corrected chi connectivity index (χ2v) is 9.21. The van der Waals surface area contributed by atoms with Crippen molar-refractivity contribution in [2.24, 2.45) is 0 Å². The molecule has 1 amide bonds. The van der Waals surface area contributed by atoms with Crippen molar-refractivity contribution in [2.75, 3.05) is 12.0 Å². The van der Waals surface area contributed by atoms with E-state index in [1.54, 1.807) is 30.3 Å². The first-order valence-electron chi connectivity index (χ1n) is 11.3. The number of fused-ring (bicyclic) bond motifs is 1. The van der Waals surface area contributed by atoms with Crippen LogP contribution in [0.5, 0.6) is 11.5 Å². The predicted octanol–water partition coefficient (Wildman–Crippen LogP) is 5.61. The Balaban J connectivity index is 1.70. The monoisotopic (exact) mass is 489 g/mol. The molecule has 2 heterocycles. The largest absolute Gasteiger partial charge is 0.507 e. The third-order valence-corrected chi connectivity index (χ3v) is 6.81.